The largest absolute Gasteiger partial charge is 0.288 e. The van der Waals surface area contributed by atoms with Crippen molar-refractivity contribution in [3.8, 4) is 11.1 Å². The van der Waals surface area contributed by atoms with E-state index >= 15 is 0 Å². The molecule has 21 heavy (non-hydrogen) atoms. The molecule has 104 valence electrons. The molecule has 0 spiro atoms. The molecule has 1 heterocycles. The van der Waals surface area contributed by atoms with Crippen LogP contribution in [-0.2, 0) is 7.05 Å². The first-order valence-corrected chi connectivity index (χ1v) is 6.85. The van der Waals surface area contributed by atoms with Gasteiger partial charge < -0.3 is 0 Å². The summed E-state index contributed by atoms with van der Waals surface area (Å²) in [5.41, 5.74) is 4.36. The first kappa shape index (κ1) is 13.3. The van der Waals surface area contributed by atoms with Crippen molar-refractivity contribution in [3.05, 3.63) is 77.6 Å². The van der Waals surface area contributed by atoms with Gasteiger partial charge in [0.05, 0.1) is 11.3 Å². The Bertz CT molecular complexity index is 771. The average Bonchev–Trinajstić information content (AvgIpc) is 2.86. The molecular formula is C18H16N2O. The van der Waals surface area contributed by atoms with E-state index in [9.17, 15) is 4.79 Å². The van der Waals surface area contributed by atoms with E-state index in [0.29, 0.717) is 11.1 Å². The van der Waals surface area contributed by atoms with Gasteiger partial charge in [0.15, 0.2) is 5.78 Å². The van der Waals surface area contributed by atoms with E-state index in [0.717, 1.165) is 16.8 Å². The zero-order valence-electron chi connectivity index (χ0n) is 12.1. The van der Waals surface area contributed by atoms with Crippen molar-refractivity contribution in [2.45, 2.75) is 6.92 Å². The summed E-state index contributed by atoms with van der Waals surface area (Å²) >= 11 is 0. The van der Waals surface area contributed by atoms with Crippen LogP contribution in [0, 0.1) is 6.92 Å². The van der Waals surface area contributed by atoms with Crippen LogP contribution in [0.1, 0.15) is 21.6 Å². The summed E-state index contributed by atoms with van der Waals surface area (Å²) in [4.78, 5) is 12.5. The SMILES string of the molecule is Cc1nn(C)cc1C(=O)c1ccc(-c2ccccc2)cc1. The van der Waals surface area contributed by atoms with Crippen LogP contribution in [0.25, 0.3) is 11.1 Å². The molecule has 0 radical (unpaired) electrons. The van der Waals surface area contributed by atoms with Gasteiger partial charge in [0, 0.05) is 18.8 Å². The van der Waals surface area contributed by atoms with Gasteiger partial charge in [-0.15, -0.1) is 0 Å². The maximum absolute atomic E-state index is 12.5. The van der Waals surface area contributed by atoms with Gasteiger partial charge in [-0.2, -0.15) is 5.10 Å². The second-order valence-corrected chi connectivity index (χ2v) is 5.07. The number of nitrogens with zero attached hydrogens (tertiary/aromatic N) is 2. The highest BCUT2D eigenvalue weighted by molar-refractivity contribution is 6.09. The molecule has 3 nitrogen and oxygen atoms in total. The summed E-state index contributed by atoms with van der Waals surface area (Å²) in [6, 6.07) is 17.8. The normalized spacial score (nSPS) is 10.6. The number of hydrogen-bond donors (Lipinski definition) is 0. The Kier molecular flexibility index (Phi) is 3.40. The molecule has 0 saturated carbocycles. The Hall–Kier alpha value is -2.68. The maximum Gasteiger partial charge on any atom is 0.196 e. The first-order valence-electron chi connectivity index (χ1n) is 6.85. The van der Waals surface area contributed by atoms with Crippen molar-refractivity contribution in [3.63, 3.8) is 0 Å². The number of aromatic nitrogens is 2. The zero-order valence-corrected chi connectivity index (χ0v) is 12.1. The Morgan fingerprint density at radius 2 is 1.57 bits per heavy atom. The molecular weight excluding hydrogens is 260 g/mol. The minimum Gasteiger partial charge on any atom is -0.288 e. The number of rotatable bonds is 3. The molecule has 0 bridgehead atoms. The molecule has 0 saturated heterocycles. The van der Waals surface area contributed by atoms with Crippen LogP contribution >= 0.6 is 0 Å². The number of ketones is 1. The molecule has 0 aliphatic rings. The third kappa shape index (κ3) is 2.63. The van der Waals surface area contributed by atoms with Gasteiger partial charge >= 0.3 is 0 Å². The number of aryl methyl sites for hydroxylation is 2. The molecule has 3 rings (SSSR count). The Labute approximate surface area is 123 Å². The molecule has 0 aliphatic heterocycles. The van der Waals surface area contributed by atoms with Gasteiger partial charge in [-0.1, -0.05) is 54.6 Å². The highest BCUT2D eigenvalue weighted by Crippen LogP contribution is 2.21. The van der Waals surface area contributed by atoms with E-state index in [2.05, 4.69) is 17.2 Å². The van der Waals surface area contributed by atoms with Crippen LogP contribution < -0.4 is 0 Å². The third-order valence-electron chi connectivity index (χ3n) is 3.51. The Morgan fingerprint density at radius 3 is 2.14 bits per heavy atom. The second kappa shape index (κ2) is 5.37. The van der Waals surface area contributed by atoms with Crippen molar-refractivity contribution >= 4 is 5.78 Å². The number of benzene rings is 2. The average molecular weight is 276 g/mol. The van der Waals surface area contributed by atoms with Crippen molar-refractivity contribution in [2.24, 2.45) is 7.05 Å². The lowest BCUT2D eigenvalue weighted by molar-refractivity contribution is 0.103. The van der Waals surface area contributed by atoms with Crippen LogP contribution in [-0.4, -0.2) is 15.6 Å². The quantitative estimate of drug-likeness (QED) is 0.685. The molecule has 2 aromatic carbocycles. The molecule has 1 aromatic heterocycles. The lowest BCUT2D eigenvalue weighted by atomic mass is 10.00. The van der Waals surface area contributed by atoms with E-state index in [1.807, 2.05) is 56.4 Å². The number of hydrogen-bond acceptors (Lipinski definition) is 2. The Morgan fingerprint density at radius 1 is 0.952 bits per heavy atom. The zero-order chi connectivity index (χ0) is 14.8. The van der Waals surface area contributed by atoms with Crippen LogP contribution in [0.2, 0.25) is 0 Å². The molecule has 0 amide bonds. The fourth-order valence-electron chi connectivity index (χ4n) is 2.42. The van der Waals surface area contributed by atoms with Crippen LogP contribution in [0.5, 0.6) is 0 Å². The highest BCUT2D eigenvalue weighted by atomic mass is 16.1. The van der Waals surface area contributed by atoms with Crippen molar-refractivity contribution in [2.75, 3.05) is 0 Å². The second-order valence-electron chi connectivity index (χ2n) is 5.07. The summed E-state index contributed by atoms with van der Waals surface area (Å²) in [6.45, 7) is 1.85. The Balaban J connectivity index is 1.91. The van der Waals surface area contributed by atoms with Gasteiger partial charge in [-0.3, -0.25) is 9.48 Å². The maximum atomic E-state index is 12.5. The molecule has 0 N–H and O–H groups in total. The number of carbonyl (C=O) groups is 1. The van der Waals surface area contributed by atoms with Gasteiger partial charge in [-0.25, -0.2) is 0 Å². The lowest BCUT2D eigenvalue weighted by Crippen LogP contribution is -2.01. The summed E-state index contributed by atoms with van der Waals surface area (Å²) in [5.74, 6) is 0.0141. The van der Waals surface area contributed by atoms with Gasteiger partial charge in [0.25, 0.3) is 0 Å². The first-order chi connectivity index (χ1) is 10.1. The fourth-order valence-corrected chi connectivity index (χ4v) is 2.42. The van der Waals surface area contributed by atoms with Crippen LogP contribution in [0.3, 0.4) is 0 Å². The standard InChI is InChI=1S/C18H16N2O/c1-13-17(12-20(2)19-13)18(21)16-10-8-15(9-11-16)14-6-4-3-5-7-14/h3-12H,1-2H3. The van der Waals surface area contributed by atoms with E-state index in [4.69, 9.17) is 0 Å². The van der Waals surface area contributed by atoms with Crippen LogP contribution in [0.4, 0.5) is 0 Å². The summed E-state index contributed by atoms with van der Waals surface area (Å²) in [6.07, 6.45) is 1.77. The van der Waals surface area contributed by atoms with Crippen molar-refractivity contribution in [1.29, 1.82) is 0 Å². The highest BCUT2D eigenvalue weighted by Gasteiger charge is 2.14. The molecule has 0 fully saturated rings. The summed E-state index contributed by atoms with van der Waals surface area (Å²) in [7, 11) is 1.82. The van der Waals surface area contributed by atoms with Gasteiger partial charge in [-0.05, 0) is 18.1 Å². The predicted molar refractivity (Wildman–Crippen MR) is 83.3 cm³/mol. The minimum atomic E-state index is 0.0141. The molecule has 3 heteroatoms. The van der Waals surface area contributed by atoms with Crippen molar-refractivity contribution in [1.82, 2.24) is 9.78 Å². The predicted octanol–water partition coefficient (Wildman–Crippen LogP) is 3.63. The monoisotopic (exact) mass is 276 g/mol. The van der Waals surface area contributed by atoms with E-state index in [1.54, 1.807) is 10.9 Å². The number of carbonyl (C=O) groups excluding carboxylic acids is 1. The van der Waals surface area contributed by atoms with E-state index < -0.39 is 0 Å². The minimum absolute atomic E-state index is 0.0141. The van der Waals surface area contributed by atoms with E-state index in [-0.39, 0.29) is 5.78 Å². The molecule has 3 aromatic rings. The topological polar surface area (TPSA) is 34.9 Å². The van der Waals surface area contributed by atoms with E-state index in [1.165, 1.54) is 0 Å². The fraction of sp³-hybridized carbons (Fsp3) is 0.111. The molecule has 0 unspecified atom stereocenters. The van der Waals surface area contributed by atoms with Crippen molar-refractivity contribution < 1.29 is 4.79 Å². The molecule has 0 atom stereocenters. The summed E-state index contributed by atoms with van der Waals surface area (Å²) < 4.78 is 1.67. The van der Waals surface area contributed by atoms with Crippen LogP contribution in [0.15, 0.2) is 60.8 Å². The lowest BCUT2D eigenvalue weighted by Gasteiger charge is -2.03. The summed E-state index contributed by atoms with van der Waals surface area (Å²) in [5, 5.41) is 4.22. The van der Waals surface area contributed by atoms with Gasteiger partial charge in [0.1, 0.15) is 0 Å². The molecule has 0 aliphatic carbocycles. The smallest absolute Gasteiger partial charge is 0.196 e. The van der Waals surface area contributed by atoms with Gasteiger partial charge in [0.2, 0.25) is 0 Å². The third-order valence-corrected chi connectivity index (χ3v) is 3.51.